The maximum Gasteiger partial charge on any atom is 0.309 e. The van der Waals surface area contributed by atoms with Crippen molar-refractivity contribution < 1.29 is 9.53 Å². The second kappa shape index (κ2) is 8.63. The Morgan fingerprint density at radius 2 is 2.04 bits per heavy atom. The number of nitrogens with one attached hydrogen (secondary N) is 1. The van der Waals surface area contributed by atoms with Gasteiger partial charge in [-0.1, -0.05) is 23.2 Å². The van der Waals surface area contributed by atoms with Gasteiger partial charge in [-0.3, -0.25) is 4.79 Å². The van der Waals surface area contributed by atoms with Crippen LogP contribution in [0.3, 0.4) is 0 Å². The van der Waals surface area contributed by atoms with Crippen molar-refractivity contribution in [1.29, 1.82) is 0 Å². The standard InChI is InChI=1S/C18H21Cl2N5O2/c1-2-27-18(26)11-5-7-25(8-6-11)17-15(21)16(22-10-23-17)24-12-3-4-13(19)14(20)9-12/h3-4,9-11H,2,5-8,21H2,1H3,(H,22,23,24). The van der Waals surface area contributed by atoms with Crippen LogP contribution in [0.15, 0.2) is 24.5 Å². The molecular weight excluding hydrogens is 389 g/mol. The summed E-state index contributed by atoms with van der Waals surface area (Å²) in [5.74, 6) is 0.939. The van der Waals surface area contributed by atoms with Crippen molar-refractivity contribution in [3.63, 3.8) is 0 Å². The number of hydrogen-bond donors (Lipinski definition) is 2. The summed E-state index contributed by atoms with van der Waals surface area (Å²) in [6.45, 7) is 3.58. The van der Waals surface area contributed by atoms with Crippen LogP contribution in [0.5, 0.6) is 0 Å². The zero-order valence-corrected chi connectivity index (χ0v) is 16.4. The second-order valence-corrected chi connectivity index (χ2v) is 7.04. The average molecular weight is 410 g/mol. The summed E-state index contributed by atoms with van der Waals surface area (Å²) in [6, 6.07) is 5.20. The van der Waals surface area contributed by atoms with Gasteiger partial charge in [0.15, 0.2) is 11.6 Å². The molecule has 0 radical (unpaired) electrons. The number of aromatic nitrogens is 2. The molecule has 0 atom stereocenters. The Hall–Kier alpha value is -2.25. The molecule has 27 heavy (non-hydrogen) atoms. The van der Waals surface area contributed by atoms with E-state index in [-0.39, 0.29) is 11.9 Å². The molecule has 0 unspecified atom stereocenters. The van der Waals surface area contributed by atoms with Gasteiger partial charge in [0.25, 0.3) is 0 Å². The molecule has 1 fully saturated rings. The predicted molar refractivity (Wildman–Crippen MR) is 108 cm³/mol. The van der Waals surface area contributed by atoms with Crippen molar-refractivity contribution in [2.75, 3.05) is 35.6 Å². The summed E-state index contributed by atoms with van der Waals surface area (Å²) in [6.07, 6.45) is 2.87. The number of nitrogens with two attached hydrogens (primary N) is 1. The number of carbonyl (C=O) groups excluding carboxylic acids is 1. The number of halogens is 2. The SMILES string of the molecule is CCOC(=O)C1CCN(c2ncnc(Nc3ccc(Cl)c(Cl)c3)c2N)CC1. The second-order valence-electron chi connectivity index (χ2n) is 6.23. The number of rotatable bonds is 5. The Bertz CT molecular complexity index is 825. The lowest BCUT2D eigenvalue weighted by Crippen LogP contribution is -2.37. The molecule has 1 saturated heterocycles. The fourth-order valence-corrected chi connectivity index (χ4v) is 3.33. The first-order chi connectivity index (χ1) is 13.0. The quantitative estimate of drug-likeness (QED) is 0.723. The topological polar surface area (TPSA) is 93.4 Å². The molecule has 1 aromatic carbocycles. The zero-order chi connectivity index (χ0) is 19.4. The number of nitrogen functional groups attached to an aromatic ring is 1. The number of piperidine rings is 1. The largest absolute Gasteiger partial charge is 0.466 e. The smallest absolute Gasteiger partial charge is 0.309 e. The molecule has 3 N–H and O–H groups in total. The van der Waals surface area contributed by atoms with Crippen molar-refractivity contribution in [2.45, 2.75) is 19.8 Å². The predicted octanol–water partition coefficient (Wildman–Crippen LogP) is 3.89. The van der Waals surface area contributed by atoms with Crippen LogP contribution in [0.4, 0.5) is 23.0 Å². The van der Waals surface area contributed by atoms with Gasteiger partial charge in [0, 0.05) is 18.8 Å². The summed E-state index contributed by atoms with van der Waals surface area (Å²) in [5.41, 5.74) is 7.46. The molecule has 0 saturated carbocycles. The van der Waals surface area contributed by atoms with Gasteiger partial charge in [0.05, 0.1) is 22.6 Å². The van der Waals surface area contributed by atoms with E-state index < -0.39 is 0 Å². The van der Waals surface area contributed by atoms with E-state index in [4.69, 9.17) is 33.7 Å². The van der Waals surface area contributed by atoms with E-state index in [0.29, 0.717) is 59.9 Å². The Morgan fingerprint density at radius 1 is 1.30 bits per heavy atom. The van der Waals surface area contributed by atoms with Crippen molar-refractivity contribution in [2.24, 2.45) is 5.92 Å². The van der Waals surface area contributed by atoms with E-state index in [1.807, 2.05) is 6.92 Å². The fraction of sp³-hybridized carbons (Fsp3) is 0.389. The first-order valence-corrected chi connectivity index (χ1v) is 9.49. The van der Waals surface area contributed by atoms with Crippen LogP contribution in [-0.4, -0.2) is 35.6 Å². The highest BCUT2D eigenvalue weighted by atomic mass is 35.5. The van der Waals surface area contributed by atoms with E-state index in [1.165, 1.54) is 6.33 Å². The number of anilines is 4. The van der Waals surface area contributed by atoms with Crippen molar-refractivity contribution >= 4 is 52.2 Å². The molecule has 7 nitrogen and oxygen atoms in total. The third kappa shape index (κ3) is 4.54. The van der Waals surface area contributed by atoms with Gasteiger partial charge in [0.1, 0.15) is 12.0 Å². The summed E-state index contributed by atoms with van der Waals surface area (Å²) >= 11 is 12.0. The summed E-state index contributed by atoms with van der Waals surface area (Å²) < 4.78 is 5.11. The minimum Gasteiger partial charge on any atom is -0.466 e. The minimum absolute atomic E-state index is 0.0712. The van der Waals surface area contributed by atoms with E-state index in [2.05, 4.69) is 20.2 Å². The highest BCUT2D eigenvalue weighted by molar-refractivity contribution is 6.42. The molecule has 0 spiro atoms. The van der Waals surface area contributed by atoms with Crippen LogP contribution in [0.2, 0.25) is 10.0 Å². The number of benzene rings is 1. The number of esters is 1. The highest BCUT2D eigenvalue weighted by Gasteiger charge is 2.27. The Morgan fingerprint density at radius 3 is 2.70 bits per heavy atom. The molecule has 0 aliphatic carbocycles. The monoisotopic (exact) mass is 409 g/mol. The summed E-state index contributed by atoms with van der Waals surface area (Å²) in [4.78, 5) is 22.5. The molecule has 0 bridgehead atoms. The lowest BCUT2D eigenvalue weighted by molar-refractivity contribution is -0.148. The Balaban J connectivity index is 1.72. The van der Waals surface area contributed by atoms with Crippen LogP contribution in [0.1, 0.15) is 19.8 Å². The first kappa shape index (κ1) is 19.5. The minimum atomic E-state index is -0.130. The molecular formula is C18H21Cl2N5O2. The molecule has 2 heterocycles. The molecule has 1 aromatic heterocycles. The van der Waals surface area contributed by atoms with Crippen molar-refractivity contribution in [3.05, 3.63) is 34.6 Å². The average Bonchev–Trinajstić information content (AvgIpc) is 2.67. The van der Waals surface area contributed by atoms with E-state index >= 15 is 0 Å². The number of nitrogens with zero attached hydrogens (tertiary/aromatic N) is 3. The molecule has 1 aliphatic rings. The van der Waals surface area contributed by atoms with Crippen LogP contribution in [0.25, 0.3) is 0 Å². The third-order valence-corrected chi connectivity index (χ3v) is 5.20. The third-order valence-electron chi connectivity index (χ3n) is 4.46. The summed E-state index contributed by atoms with van der Waals surface area (Å²) in [7, 11) is 0. The number of ether oxygens (including phenoxy) is 1. The molecule has 3 rings (SSSR count). The molecule has 9 heteroatoms. The Kier molecular flexibility index (Phi) is 6.23. The van der Waals surface area contributed by atoms with Gasteiger partial charge in [-0.2, -0.15) is 0 Å². The maximum absolute atomic E-state index is 11.9. The van der Waals surface area contributed by atoms with Crippen LogP contribution in [-0.2, 0) is 9.53 Å². The number of hydrogen-bond acceptors (Lipinski definition) is 7. The Labute approximate surface area is 167 Å². The lowest BCUT2D eigenvalue weighted by atomic mass is 9.97. The normalized spacial score (nSPS) is 14.9. The molecule has 2 aromatic rings. The van der Waals surface area contributed by atoms with Gasteiger partial charge < -0.3 is 20.7 Å². The van der Waals surface area contributed by atoms with Gasteiger partial charge in [-0.25, -0.2) is 9.97 Å². The fourth-order valence-electron chi connectivity index (χ4n) is 3.04. The van der Waals surface area contributed by atoms with Crippen molar-refractivity contribution in [3.8, 4) is 0 Å². The molecule has 0 amide bonds. The van der Waals surface area contributed by atoms with Crippen LogP contribution in [0, 0.1) is 5.92 Å². The van der Waals surface area contributed by atoms with E-state index in [1.54, 1.807) is 18.2 Å². The first-order valence-electron chi connectivity index (χ1n) is 8.73. The van der Waals surface area contributed by atoms with Crippen molar-refractivity contribution in [1.82, 2.24) is 9.97 Å². The highest BCUT2D eigenvalue weighted by Crippen LogP contribution is 2.33. The van der Waals surface area contributed by atoms with E-state index in [0.717, 1.165) is 5.69 Å². The maximum atomic E-state index is 11.9. The lowest BCUT2D eigenvalue weighted by Gasteiger charge is -2.32. The van der Waals surface area contributed by atoms with Crippen LogP contribution >= 0.6 is 23.2 Å². The van der Waals surface area contributed by atoms with Gasteiger partial charge in [0.2, 0.25) is 0 Å². The van der Waals surface area contributed by atoms with E-state index in [9.17, 15) is 4.79 Å². The molecule has 1 aliphatic heterocycles. The number of carbonyl (C=O) groups is 1. The zero-order valence-electron chi connectivity index (χ0n) is 14.9. The summed E-state index contributed by atoms with van der Waals surface area (Å²) in [5, 5.41) is 4.06. The molecule has 144 valence electrons. The van der Waals surface area contributed by atoms with Gasteiger partial charge in [-0.05, 0) is 38.0 Å². The van der Waals surface area contributed by atoms with Gasteiger partial charge >= 0.3 is 5.97 Å². The van der Waals surface area contributed by atoms with Crippen LogP contribution < -0.4 is 16.0 Å². The van der Waals surface area contributed by atoms with Gasteiger partial charge in [-0.15, -0.1) is 0 Å².